The van der Waals surface area contributed by atoms with E-state index < -0.39 is 18.0 Å². The third kappa shape index (κ3) is 4.83. The lowest BCUT2D eigenvalue weighted by molar-refractivity contribution is -0.139. The van der Waals surface area contributed by atoms with Gasteiger partial charge < -0.3 is 10.4 Å². The molecule has 0 unspecified atom stereocenters. The van der Waals surface area contributed by atoms with Crippen molar-refractivity contribution >= 4 is 44.4 Å². The van der Waals surface area contributed by atoms with E-state index in [0.717, 1.165) is 9.35 Å². The maximum Gasteiger partial charge on any atom is 0.326 e. The summed E-state index contributed by atoms with van der Waals surface area (Å²) in [6.45, 7) is 0. The van der Waals surface area contributed by atoms with Gasteiger partial charge in [0.25, 0.3) is 0 Å². The second kappa shape index (κ2) is 7.19. The first-order valence-electron chi connectivity index (χ1n) is 6.00. The van der Waals surface area contributed by atoms with Crippen LogP contribution in [0.3, 0.4) is 0 Å². The Balaban J connectivity index is 1.96. The number of anilines is 1. The number of halogens is 1. The molecule has 1 aromatic carbocycles. The Morgan fingerprint density at radius 2 is 2.05 bits per heavy atom. The van der Waals surface area contributed by atoms with Crippen LogP contribution in [0.2, 0.25) is 0 Å². The van der Waals surface area contributed by atoms with Crippen molar-refractivity contribution < 1.29 is 14.7 Å². The van der Waals surface area contributed by atoms with Crippen LogP contribution in [-0.4, -0.2) is 28.1 Å². The van der Waals surface area contributed by atoms with E-state index in [1.54, 1.807) is 6.20 Å². The fourth-order valence-corrected chi connectivity index (χ4v) is 2.76. The summed E-state index contributed by atoms with van der Waals surface area (Å²) < 4.78 is 0.775. The SMILES string of the molecule is O=C(Nc1ncc(Br)s1)N[C@@H](Cc1ccccc1)C(=O)O. The zero-order valence-electron chi connectivity index (χ0n) is 10.7. The van der Waals surface area contributed by atoms with E-state index in [-0.39, 0.29) is 6.42 Å². The van der Waals surface area contributed by atoms with Gasteiger partial charge in [-0.05, 0) is 21.5 Å². The summed E-state index contributed by atoms with van der Waals surface area (Å²) in [5, 5.41) is 14.5. The Bertz CT molecular complexity index is 633. The third-order valence-corrected chi connectivity index (χ3v) is 3.98. The average Bonchev–Trinajstić information content (AvgIpc) is 2.84. The summed E-state index contributed by atoms with van der Waals surface area (Å²) in [5.74, 6) is -1.09. The third-order valence-electron chi connectivity index (χ3n) is 2.58. The highest BCUT2D eigenvalue weighted by molar-refractivity contribution is 9.11. The van der Waals surface area contributed by atoms with Crippen LogP contribution in [0.15, 0.2) is 40.3 Å². The number of aliphatic carboxylic acids is 1. The van der Waals surface area contributed by atoms with Gasteiger partial charge in [0.15, 0.2) is 5.13 Å². The van der Waals surface area contributed by atoms with E-state index in [0.29, 0.717) is 5.13 Å². The van der Waals surface area contributed by atoms with Gasteiger partial charge in [-0.15, -0.1) is 0 Å². The summed E-state index contributed by atoms with van der Waals surface area (Å²) in [4.78, 5) is 27.0. The molecular formula is C13H12BrN3O3S. The molecule has 0 aliphatic rings. The van der Waals surface area contributed by atoms with Gasteiger partial charge in [0.1, 0.15) is 6.04 Å². The molecule has 2 rings (SSSR count). The zero-order valence-corrected chi connectivity index (χ0v) is 13.1. The molecule has 3 N–H and O–H groups in total. The molecule has 8 heteroatoms. The minimum Gasteiger partial charge on any atom is -0.480 e. The van der Waals surface area contributed by atoms with E-state index in [9.17, 15) is 14.7 Å². The maximum atomic E-state index is 11.8. The Kier molecular flexibility index (Phi) is 5.29. The van der Waals surface area contributed by atoms with Crippen LogP contribution in [0.1, 0.15) is 5.56 Å². The number of nitrogens with zero attached hydrogens (tertiary/aromatic N) is 1. The molecule has 0 saturated carbocycles. The highest BCUT2D eigenvalue weighted by atomic mass is 79.9. The number of hydrogen-bond donors (Lipinski definition) is 3. The summed E-state index contributed by atoms with van der Waals surface area (Å²) in [7, 11) is 0. The van der Waals surface area contributed by atoms with Crippen molar-refractivity contribution in [3.8, 4) is 0 Å². The van der Waals surface area contributed by atoms with Gasteiger partial charge in [0, 0.05) is 6.42 Å². The molecule has 21 heavy (non-hydrogen) atoms. The first-order chi connectivity index (χ1) is 10.0. The molecule has 0 aliphatic heterocycles. The fraction of sp³-hybridized carbons (Fsp3) is 0.154. The lowest BCUT2D eigenvalue weighted by Crippen LogP contribution is -2.44. The largest absolute Gasteiger partial charge is 0.480 e. The van der Waals surface area contributed by atoms with Crippen molar-refractivity contribution in [1.82, 2.24) is 10.3 Å². The van der Waals surface area contributed by atoms with E-state index in [1.165, 1.54) is 11.3 Å². The number of amides is 2. The minimum absolute atomic E-state index is 0.213. The number of carboxylic acids is 1. The molecule has 6 nitrogen and oxygen atoms in total. The maximum absolute atomic E-state index is 11.8. The fourth-order valence-electron chi connectivity index (χ4n) is 1.65. The predicted octanol–water partition coefficient (Wildman–Crippen LogP) is 2.72. The van der Waals surface area contributed by atoms with Crippen LogP contribution in [0, 0.1) is 0 Å². The summed E-state index contributed by atoms with van der Waals surface area (Å²) in [5.41, 5.74) is 0.835. The first-order valence-corrected chi connectivity index (χ1v) is 7.61. The van der Waals surface area contributed by atoms with E-state index >= 15 is 0 Å². The quantitative estimate of drug-likeness (QED) is 0.755. The van der Waals surface area contributed by atoms with Crippen LogP contribution in [-0.2, 0) is 11.2 Å². The van der Waals surface area contributed by atoms with Gasteiger partial charge in [0.2, 0.25) is 0 Å². The number of carbonyl (C=O) groups excluding carboxylic acids is 1. The van der Waals surface area contributed by atoms with Crippen molar-refractivity contribution in [2.75, 3.05) is 5.32 Å². The van der Waals surface area contributed by atoms with Gasteiger partial charge in [-0.25, -0.2) is 14.6 Å². The van der Waals surface area contributed by atoms with Crippen molar-refractivity contribution in [1.29, 1.82) is 0 Å². The molecule has 2 aromatic rings. The summed E-state index contributed by atoms with van der Waals surface area (Å²) >= 11 is 4.47. The molecule has 0 bridgehead atoms. The number of nitrogens with one attached hydrogen (secondary N) is 2. The van der Waals surface area contributed by atoms with Crippen LogP contribution in [0.5, 0.6) is 0 Å². The molecule has 0 saturated heterocycles. The van der Waals surface area contributed by atoms with Crippen molar-refractivity contribution in [3.05, 3.63) is 45.9 Å². The molecule has 0 radical (unpaired) electrons. The smallest absolute Gasteiger partial charge is 0.326 e. The molecule has 0 fully saturated rings. The number of carbonyl (C=O) groups is 2. The molecule has 1 aromatic heterocycles. The van der Waals surface area contributed by atoms with Gasteiger partial charge in [-0.1, -0.05) is 41.7 Å². The number of hydrogen-bond acceptors (Lipinski definition) is 4. The Labute approximate surface area is 133 Å². The first kappa shape index (κ1) is 15.5. The van der Waals surface area contributed by atoms with Crippen molar-refractivity contribution in [2.24, 2.45) is 0 Å². The standard InChI is InChI=1S/C13H12BrN3O3S/c14-10-7-15-13(21-10)17-12(20)16-9(11(18)19)6-8-4-2-1-3-5-8/h1-5,7,9H,6H2,(H,18,19)(H2,15,16,17,20)/t9-/m0/s1. The van der Waals surface area contributed by atoms with Crippen LogP contribution in [0.4, 0.5) is 9.93 Å². The summed E-state index contributed by atoms with van der Waals surface area (Å²) in [6.07, 6.45) is 1.77. The molecule has 110 valence electrons. The Morgan fingerprint density at radius 3 is 2.62 bits per heavy atom. The minimum atomic E-state index is -1.09. The van der Waals surface area contributed by atoms with Crippen molar-refractivity contribution in [2.45, 2.75) is 12.5 Å². The van der Waals surface area contributed by atoms with E-state index in [4.69, 9.17) is 0 Å². The van der Waals surface area contributed by atoms with Crippen LogP contribution in [0.25, 0.3) is 0 Å². The average molecular weight is 370 g/mol. The summed E-state index contributed by atoms with van der Waals surface area (Å²) in [6, 6.07) is 7.51. The van der Waals surface area contributed by atoms with E-state index in [1.807, 2.05) is 30.3 Å². The number of carboxylic acid groups (broad SMARTS) is 1. The molecule has 0 spiro atoms. The highest BCUT2D eigenvalue weighted by Crippen LogP contribution is 2.22. The van der Waals surface area contributed by atoms with Gasteiger partial charge in [-0.3, -0.25) is 5.32 Å². The number of thiazole rings is 1. The Hall–Kier alpha value is -1.93. The Morgan fingerprint density at radius 1 is 1.33 bits per heavy atom. The number of rotatable bonds is 5. The molecule has 0 aliphatic carbocycles. The second-order valence-corrected chi connectivity index (χ2v) is 6.56. The number of aromatic nitrogens is 1. The normalized spacial score (nSPS) is 11.7. The monoisotopic (exact) mass is 369 g/mol. The number of benzene rings is 1. The lowest BCUT2D eigenvalue weighted by Gasteiger charge is -2.14. The molecular weight excluding hydrogens is 358 g/mol. The number of urea groups is 1. The topological polar surface area (TPSA) is 91.3 Å². The van der Waals surface area contributed by atoms with Crippen LogP contribution < -0.4 is 10.6 Å². The van der Waals surface area contributed by atoms with Gasteiger partial charge >= 0.3 is 12.0 Å². The van der Waals surface area contributed by atoms with E-state index in [2.05, 4.69) is 31.5 Å². The molecule has 2 amide bonds. The predicted molar refractivity (Wildman–Crippen MR) is 83.5 cm³/mol. The molecule has 1 heterocycles. The second-order valence-electron chi connectivity index (χ2n) is 4.15. The zero-order chi connectivity index (χ0) is 15.2. The van der Waals surface area contributed by atoms with Crippen LogP contribution >= 0.6 is 27.3 Å². The molecule has 1 atom stereocenters. The van der Waals surface area contributed by atoms with Gasteiger partial charge in [-0.2, -0.15) is 0 Å². The lowest BCUT2D eigenvalue weighted by atomic mass is 10.1. The highest BCUT2D eigenvalue weighted by Gasteiger charge is 2.20. The van der Waals surface area contributed by atoms with Crippen molar-refractivity contribution in [3.63, 3.8) is 0 Å². The van der Waals surface area contributed by atoms with Gasteiger partial charge in [0.05, 0.1) is 9.98 Å².